The van der Waals surface area contributed by atoms with E-state index < -0.39 is 0 Å². The largest absolute Gasteiger partial charge is 0.311 e. The first kappa shape index (κ1) is 12.0. The number of hydrogen-bond donors (Lipinski definition) is 1. The van der Waals surface area contributed by atoms with Crippen molar-refractivity contribution in [3.63, 3.8) is 0 Å². The molecule has 1 aliphatic rings. The van der Waals surface area contributed by atoms with E-state index in [1.54, 1.807) is 0 Å². The smallest absolute Gasteiger partial charge is 0.226 e. The first-order valence-electron chi connectivity index (χ1n) is 6.67. The zero-order valence-corrected chi connectivity index (χ0v) is 11.0. The van der Waals surface area contributed by atoms with Crippen LogP contribution in [0.1, 0.15) is 30.4 Å². The second-order valence-electron chi connectivity index (χ2n) is 4.90. The molecule has 19 heavy (non-hydrogen) atoms. The quantitative estimate of drug-likeness (QED) is 0.916. The van der Waals surface area contributed by atoms with E-state index in [0.717, 1.165) is 24.3 Å². The standard InChI is InChI=1S/C15H17N3O/c1-2-18-15-13(10-16-18)12(9-14(19)17-15)8-11-6-4-3-5-7-11/h3-7,10,12H,2,8-9H2,1H3,(H,17,19)/t12-/m1/s1. The summed E-state index contributed by atoms with van der Waals surface area (Å²) in [4.78, 5) is 11.8. The van der Waals surface area contributed by atoms with Gasteiger partial charge in [-0.15, -0.1) is 0 Å². The van der Waals surface area contributed by atoms with Gasteiger partial charge in [0, 0.05) is 24.4 Å². The number of carbonyl (C=O) groups excluding carboxylic acids is 1. The Morgan fingerprint density at radius 1 is 1.37 bits per heavy atom. The lowest BCUT2D eigenvalue weighted by Crippen LogP contribution is -2.25. The van der Waals surface area contributed by atoms with Crippen molar-refractivity contribution < 1.29 is 4.79 Å². The molecule has 0 bridgehead atoms. The molecule has 4 nitrogen and oxygen atoms in total. The monoisotopic (exact) mass is 255 g/mol. The van der Waals surface area contributed by atoms with Crippen molar-refractivity contribution in [1.82, 2.24) is 9.78 Å². The Bertz CT molecular complexity index is 589. The normalized spacial score (nSPS) is 17.9. The molecular weight excluding hydrogens is 238 g/mol. The molecule has 0 fully saturated rings. The molecular formula is C15H17N3O. The van der Waals surface area contributed by atoms with Crippen LogP contribution >= 0.6 is 0 Å². The average Bonchev–Trinajstić information content (AvgIpc) is 2.83. The maximum absolute atomic E-state index is 11.8. The molecule has 98 valence electrons. The van der Waals surface area contributed by atoms with Gasteiger partial charge in [-0.1, -0.05) is 30.3 Å². The maximum Gasteiger partial charge on any atom is 0.226 e. The number of aromatic nitrogens is 2. The summed E-state index contributed by atoms with van der Waals surface area (Å²) in [6.45, 7) is 2.80. The van der Waals surface area contributed by atoms with Crippen LogP contribution in [0.4, 0.5) is 5.82 Å². The summed E-state index contributed by atoms with van der Waals surface area (Å²) < 4.78 is 1.85. The van der Waals surface area contributed by atoms with Crippen molar-refractivity contribution in [2.24, 2.45) is 0 Å². The van der Waals surface area contributed by atoms with Gasteiger partial charge in [0.25, 0.3) is 0 Å². The predicted octanol–water partition coefficient (Wildman–Crippen LogP) is 2.57. The highest BCUT2D eigenvalue weighted by Gasteiger charge is 2.28. The highest BCUT2D eigenvalue weighted by Crippen LogP contribution is 2.34. The van der Waals surface area contributed by atoms with Crippen LogP contribution in [-0.4, -0.2) is 15.7 Å². The molecule has 2 heterocycles. The summed E-state index contributed by atoms with van der Waals surface area (Å²) in [5.41, 5.74) is 2.42. The molecule has 0 spiro atoms. The number of anilines is 1. The molecule has 2 aromatic rings. The third-order valence-corrected chi connectivity index (χ3v) is 3.62. The lowest BCUT2D eigenvalue weighted by molar-refractivity contribution is -0.116. The third-order valence-electron chi connectivity index (χ3n) is 3.62. The van der Waals surface area contributed by atoms with Gasteiger partial charge in [-0.25, -0.2) is 4.68 Å². The Kier molecular flexibility index (Phi) is 3.07. The van der Waals surface area contributed by atoms with Gasteiger partial charge < -0.3 is 5.32 Å². The predicted molar refractivity (Wildman–Crippen MR) is 74.0 cm³/mol. The second kappa shape index (κ2) is 4.88. The van der Waals surface area contributed by atoms with E-state index in [1.165, 1.54) is 5.56 Å². The Balaban J connectivity index is 1.91. The van der Waals surface area contributed by atoms with Gasteiger partial charge in [0.05, 0.1) is 6.20 Å². The summed E-state index contributed by atoms with van der Waals surface area (Å²) in [5, 5.41) is 7.28. The molecule has 0 aliphatic carbocycles. The van der Waals surface area contributed by atoms with Crippen LogP contribution in [-0.2, 0) is 17.8 Å². The molecule has 0 saturated heterocycles. The van der Waals surface area contributed by atoms with Crippen molar-refractivity contribution in [1.29, 1.82) is 0 Å². The van der Waals surface area contributed by atoms with Gasteiger partial charge in [-0.2, -0.15) is 5.10 Å². The molecule has 1 aromatic heterocycles. The summed E-state index contributed by atoms with van der Waals surface area (Å²) in [5.74, 6) is 1.19. The van der Waals surface area contributed by atoms with E-state index in [2.05, 4.69) is 22.5 Å². The number of rotatable bonds is 3. The number of aryl methyl sites for hydroxylation is 1. The van der Waals surface area contributed by atoms with Crippen molar-refractivity contribution in [2.45, 2.75) is 32.2 Å². The number of hydrogen-bond acceptors (Lipinski definition) is 2. The minimum atomic E-state index is 0.0867. The number of carbonyl (C=O) groups is 1. The van der Waals surface area contributed by atoms with Crippen molar-refractivity contribution in [3.05, 3.63) is 47.7 Å². The summed E-state index contributed by atoms with van der Waals surface area (Å²) >= 11 is 0. The van der Waals surface area contributed by atoms with Gasteiger partial charge in [-0.3, -0.25) is 4.79 Å². The highest BCUT2D eigenvalue weighted by atomic mass is 16.1. The molecule has 3 rings (SSSR count). The van der Waals surface area contributed by atoms with Crippen LogP contribution in [0.2, 0.25) is 0 Å². The fourth-order valence-electron chi connectivity index (χ4n) is 2.67. The summed E-state index contributed by atoms with van der Waals surface area (Å²) in [6.07, 6.45) is 3.32. The molecule has 1 N–H and O–H groups in total. The van der Waals surface area contributed by atoms with E-state index in [1.807, 2.05) is 36.0 Å². The molecule has 4 heteroatoms. The van der Waals surface area contributed by atoms with E-state index >= 15 is 0 Å². The lowest BCUT2D eigenvalue weighted by atomic mass is 9.88. The zero-order chi connectivity index (χ0) is 13.2. The molecule has 1 aliphatic heterocycles. The SMILES string of the molecule is CCn1ncc2c1NC(=O)C[C@H]2Cc1ccccc1. The Morgan fingerprint density at radius 3 is 2.89 bits per heavy atom. The second-order valence-corrected chi connectivity index (χ2v) is 4.90. The summed E-state index contributed by atoms with van der Waals surface area (Å²) in [6, 6.07) is 10.3. The average molecular weight is 255 g/mol. The number of amides is 1. The van der Waals surface area contributed by atoms with Gasteiger partial charge in [0.1, 0.15) is 5.82 Å². The van der Waals surface area contributed by atoms with Gasteiger partial charge in [-0.05, 0) is 18.9 Å². The van der Waals surface area contributed by atoms with Gasteiger partial charge in [0.15, 0.2) is 0 Å². The van der Waals surface area contributed by atoms with E-state index in [0.29, 0.717) is 6.42 Å². The lowest BCUT2D eigenvalue weighted by Gasteiger charge is -2.23. The number of fused-ring (bicyclic) bond motifs is 1. The molecule has 0 radical (unpaired) electrons. The topological polar surface area (TPSA) is 46.9 Å². The van der Waals surface area contributed by atoms with Crippen LogP contribution < -0.4 is 5.32 Å². The fraction of sp³-hybridized carbons (Fsp3) is 0.333. The Labute approximate surface area is 112 Å². The summed E-state index contributed by atoms with van der Waals surface area (Å²) in [7, 11) is 0. The first-order valence-corrected chi connectivity index (χ1v) is 6.67. The Morgan fingerprint density at radius 2 is 2.16 bits per heavy atom. The first-order chi connectivity index (χ1) is 9.28. The zero-order valence-electron chi connectivity index (χ0n) is 11.0. The number of nitrogens with zero attached hydrogens (tertiary/aromatic N) is 2. The van der Waals surface area contributed by atoms with Crippen LogP contribution in [0.3, 0.4) is 0 Å². The minimum absolute atomic E-state index is 0.0867. The highest BCUT2D eigenvalue weighted by molar-refractivity contribution is 5.93. The maximum atomic E-state index is 11.8. The molecule has 1 atom stereocenters. The van der Waals surface area contributed by atoms with E-state index in [9.17, 15) is 4.79 Å². The van der Waals surface area contributed by atoms with Crippen LogP contribution in [0.5, 0.6) is 0 Å². The van der Waals surface area contributed by atoms with Crippen LogP contribution in [0, 0.1) is 0 Å². The van der Waals surface area contributed by atoms with Crippen molar-refractivity contribution in [2.75, 3.05) is 5.32 Å². The molecule has 1 aromatic carbocycles. The fourth-order valence-corrected chi connectivity index (χ4v) is 2.67. The van der Waals surface area contributed by atoms with E-state index in [-0.39, 0.29) is 11.8 Å². The number of nitrogens with one attached hydrogen (secondary N) is 1. The van der Waals surface area contributed by atoms with Crippen molar-refractivity contribution in [3.8, 4) is 0 Å². The van der Waals surface area contributed by atoms with Crippen LogP contribution in [0.15, 0.2) is 36.5 Å². The van der Waals surface area contributed by atoms with Gasteiger partial charge in [0.2, 0.25) is 5.91 Å². The van der Waals surface area contributed by atoms with Crippen LogP contribution in [0.25, 0.3) is 0 Å². The third kappa shape index (κ3) is 2.26. The van der Waals surface area contributed by atoms with Gasteiger partial charge >= 0.3 is 0 Å². The van der Waals surface area contributed by atoms with E-state index in [4.69, 9.17) is 0 Å². The number of benzene rings is 1. The molecule has 0 unspecified atom stereocenters. The minimum Gasteiger partial charge on any atom is -0.311 e. The Hall–Kier alpha value is -2.10. The molecule has 1 amide bonds. The molecule has 0 saturated carbocycles. The van der Waals surface area contributed by atoms with Crippen molar-refractivity contribution >= 4 is 11.7 Å².